The zero-order valence-electron chi connectivity index (χ0n) is 20.7. The number of rotatable bonds is 3. The summed E-state index contributed by atoms with van der Waals surface area (Å²) in [6, 6.07) is 2.15. The van der Waals surface area contributed by atoms with Gasteiger partial charge >= 0.3 is 0 Å². The van der Waals surface area contributed by atoms with Gasteiger partial charge in [0, 0.05) is 6.20 Å². The van der Waals surface area contributed by atoms with Crippen LogP contribution in [-0.2, 0) is 6.54 Å². The summed E-state index contributed by atoms with van der Waals surface area (Å²) in [6.45, 7) is 10.1. The van der Waals surface area contributed by atoms with E-state index in [4.69, 9.17) is 5.26 Å². The molecule has 0 amide bonds. The molecule has 4 nitrogen and oxygen atoms in total. The first-order valence-corrected chi connectivity index (χ1v) is 13.3. The molecule has 1 aromatic rings. The molecule has 4 aliphatic carbocycles. The van der Waals surface area contributed by atoms with Crippen LogP contribution in [0.4, 0.5) is 0 Å². The summed E-state index contributed by atoms with van der Waals surface area (Å²) in [4.78, 5) is 0. The Balaban J connectivity index is 1.36. The fourth-order valence-electron chi connectivity index (χ4n) is 9.80. The van der Waals surface area contributed by atoms with Gasteiger partial charge in [-0.05, 0) is 105 Å². The summed E-state index contributed by atoms with van der Waals surface area (Å²) >= 11 is 0. The maximum Gasteiger partial charge on any atom is 0.102 e. The van der Waals surface area contributed by atoms with Gasteiger partial charge in [0.2, 0.25) is 0 Å². The van der Waals surface area contributed by atoms with Gasteiger partial charge in [0.25, 0.3) is 0 Å². The molecule has 1 aromatic heterocycles. The third kappa shape index (κ3) is 3.54. The fourth-order valence-corrected chi connectivity index (χ4v) is 9.80. The first-order chi connectivity index (χ1) is 15.2. The molecule has 4 heteroatoms. The molecule has 0 radical (unpaired) electrons. The van der Waals surface area contributed by atoms with E-state index in [2.05, 4.69) is 31.9 Å². The van der Waals surface area contributed by atoms with Crippen molar-refractivity contribution in [1.82, 2.24) is 9.78 Å². The molecule has 0 aliphatic heterocycles. The van der Waals surface area contributed by atoms with E-state index in [0.29, 0.717) is 23.4 Å². The van der Waals surface area contributed by atoms with E-state index in [-0.39, 0.29) is 5.41 Å². The maximum atomic E-state index is 11.7. The monoisotopic (exact) mass is 437 g/mol. The lowest BCUT2D eigenvalue weighted by Gasteiger charge is -2.58. The van der Waals surface area contributed by atoms with Gasteiger partial charge in [-0.3, -0.25) is 4.68 Å². The summed E-state index contributed by atoms with van der Waals surface area (Å²) in [5.74, 6) is 4.64. The molecular formula is C28H43N3O. The SMILES string of the molecule is C[C@H]1CCC[C@@H]2C3CC[C@@]4(C)C(CC[C@@H]4[C@](C)(O)Cn4cc(C#N)cn4)[C@@H]3CC[C@]2(C)C1. The van der Waals surface area contributed by atoms with Gasteiger partial charge in [-0.15, -0.1) is 0 Å². The van der Waals surface area contributed by atoms with Crippen molar-refractivity contribution in [2.24, 2.45) is 46.3 Å². The predicted molar refractivity (Wildman–Crippen MR) is 127 cm³/mol. The van der Waals surface area contributed by atoms with Crippen LogP contribution >= 0.6 is 0 Å². The second-order valence-electron chi connectivity index (χ2n) is 13.0. The van der Waals surface area contributed by atoms with Crippen LogP contribution in [0.2, 0.25) is 0 Å². The van der Waals surface area contributed by atoms with Crippen LogP contribution < -0.4 is 0 Å². The Kier molecular flexibility index (Phi) is 5.52. The van der Waals surface area contributed by atoms with Gasteiger partial charge in [0.1, 0.15) is 6.07 Å². The Morgan fingerprint density at radius 3 is 2.62 bits per heavy atom. The van der Waals surface area contributed by atoms with Gasteiger partial charge in [-0.2, -0.15) is 10.4 Å². The van der Waals surface area contributed by atoms with Crippen LogP contribution in [0.5, 0.6) is 0 Å². The highest BCUT2D eigenvalue weighted by atomic mass is 16.3. The van der Waals surface area contributed by atoms with Crippen molar-refractivity contribution in [3.8, 4) is 6.07 Å². The highest BCUT2D eigenvalue weighted by molar-refractivity contribution is 5.21. The third-order valence-corrected chi connectivity index (χ3v) is 11.0. The number of nitrogens with zero attached hydrogens (tertiary/aromatic N) is 3. The number of hydrogen-bond acceptors (Lipinski definition) is 3. The molecule has 2 unspecified atom stereocenters. The van der Waals surface area contributed by atoms with Crippen molar-refractivity contribution >= 4 is 0 Å². The van der Waals surface area contributed by atoms with E-state index in [1.54, 1.807) is 17.1 Å². The molecule has 0 aromatic carbocycles. The van der Waals surface area contributed by atoms with Crippen molar-refractivity contribution in [3.05, 3.63) is 18.0 Å². The van der Waals surface area contributed by atoms with Gasteiger partial charge in [0.15, 0.2) is 0 Å². The number of nitriles is 1. The molecule has 1 heterocycles. The van der Waals surface area contributed by atoms with Crippen molar-refractivity contribution in [3.63, 3.8) is 0 Å². The van der Waals surface area contributed by atoms with E-state index < -0.39 is 5.60 Å². The molecule has 1 N–H and O–H groups in total. The molecule has 0 spiro atoms. The normalized spacial score (nSPS) is 45.6. The van der Waals surface area contributed by atoms with E-state index in [9.17, 15) is 5.11 Å². The van der Waals surface area contributed by atoms with E-state index in [1.165, 1.54) is 57.8 Å². The van der Waals surface area contributed by atoms with Gasteiger partial charge in [-0.1, -0.05) is 33.6 Å². The summed E-state index contributed by atoms with van der Waals surface area (Å²) in [5.41, 5.74) is 0.560. The molecule has 0 saturated heterocycles. The Morgan fingerprint density at radius 2 is 1.88 bits per heavy atom. The van der Waals surface area contributed by atoms with E-state index >= 15 is 0 Å². The van der Waals surface area contributed by atoms with E-state index in [1.807, 2.05) is 6.92 Å². The quantitative estimate of drug-likeness (QED) is 0.613. The number of aromatic nitrogens is 2. The summed E-state index contributed by atoms with van der Waals surface area (Å²) in [7, 11) is 0. The number of fused-ring (bicyclic) bond motifs is 5. The lowest BCUT2D eigenvalue weighted by molar-refractivity contribution is -0.123. The Hall–Kier alpha value is -1.34. The van der Waals surface area contributed by atoms with Crippen molar-refractivity contribution < 1.29 is 5.11 Å². The number of aliphatic hydroxyl groups is 1. The maximum absolute atomic E-state index is 11.7. The largest absolute Gasteiger partial charge is 0.388 e. The first-order valence-electron chi connectivity index (χ1n) is 13.3. The smallest absolute Gasteiger partial charge is 0.102 e. The Labute approximate surface area is 194 Å². The van der Waals surface area contributed by atoms with Crippen LogP contribution in [0.1, 0.15) is 97.5 Å². The average Bonchev–Trinajstić information content (AvgIpc) is 3.28. The van der Waals surface area contributed by atoms with Gasteiger partial charge < -0.3 is 5.11 Å². The van der Waals surface area contributed by atoms with Gasteiger partial charge in [0.05, 0.1) is 23.9 Å². The minimum atomic E-state index is -0.796. The lowest BCUT2D eigenvalue weighted by atomic mass is 9.47. The van der Waals surface area contributed by atoms with Gasteiger partial charge in [-0.25, -0.2) is 0 Å². The summed E-state index contributed by atoms with van der Waals surface area (Å²) < 4.78 is 1.78. The van der Waals surface area contributed by atoms with Crippen LogP contribution in [0, 0.1) is 57.7 Å². The highest BCUT2D eigenvalue weighted by Crippen LogP contribution is 2.67. The topological polar surface area (TPSA) is 61.8 Å². The first kappa shape index (κ1) is 22.5. The van der Waals surface area contributed by atoms with Crippen molar-refractivity contribution in [1.29, 1.82) is 5.26 Å². The van der Waals surface area contributed by atoms with Crippen LogP contribution in [-0.4, -0.2) is 20.5 Å². The summed E-state index contributed by atoms with van der Waals surface area (Å²) in [6.07, 6.45) is 17.0. The van der Waals surface area contributed by atoms with Crippen LogP contribution in [0.25, 0.3) is 0 Å². The van der Waals surface area contributed by atoms with E-state index in [0.717, 1.165) is 36.0 Å². The number of hydrogen-bond donors (Lipinski definition) is 1. The Bertz CT molecular complexity index is 883. The molecule has 4 fully saturated rings. The van der Waals surface area contributed by atoms with Crippen molar-refractivity contribution in [2.45, 2.75) is 104 Å². The second kappa shape index (κ2) is 7.86. The minimum Gasteiger partial charge on any atom is -0.388 e. The average molecular weight is 438 g/mol. The highest BCUT2D eigenvalue weighted by Gasteiger charge is 2.61. The molecule has 176 valence electrons. The lowest BCUT2D eigenvalue weighted by Crippen LogP contribution is -2.53. The third-order valence-electron chi connectivity index (χ3n) is 11.0. The molecular weight excluding hydrogens is 394 g/mol. The standard InChI is InChI=1S/C28H43N3O/c1-19-6-5-7-23-21-11-13-27(3)24(22(21)10-12-26(23,2)14-19)8-9-25(27)28(4,32)18-31-17-20(15-29)16-30-31/h16-17,19,21-25,32H,5-14,18H2,1-4H3/t19-,21?,22+,23+,24?,25-,26+,27-,28+/m0/s1. The summed E-state index contributed by atoms with van der Waals surface area (Å²) in [5, 5.41) is 25.2. The fraction of sp³-hybridized carbons (Fsp3) is 0.857. The molecule has 0 bridgehead atoms. The second-order valence-corrected chi connectivity index (χ2v) is 13.0. The van der Waals surface area contributed by atoms with Crippen LogP contribution in [0.15, 0.2) is 12.4 Å². The minimum absolute atomic E-state index is 0.224. The Morgan fingerprint density at radius 1 is 1.12 bits per heavy atom. The zero-order chi connectivity index (χ0) is 22.7. The molecule has 4 saturated carbocycles. The molecule has 5 rings (SSSR count). The van der Waals surface area contributed by atoms with Crippen LogP contribution in [0.3, 0.4) is 0 Å². The molecule has 4 aliphatic rings. The molecule has 9 atom stereocenters. The van der Waals surface area contributed by atoms with Crippen molar-refractivity contribution in [2.75, 3.05) is 0 Å². The molecule has 32 heavy (non-hydrogen) atoms. The zero-order valence-corrected chi connectivity index (χ0v) is 20.7. The predicted octanol–water partition coefficient (Wildman–Crippen LogP) is 6.19.